The lowest BCUT2D eigenvalue weighted by molar-refractivity contribution is -0.128. The molecule has 1 aliphatic heterocycles. The molecule has 0 bridgehead atoms. The summed E-state index contributed by atoms with van der Waals surface area (Å²) >= 11 is 3.35. The summed E-state index contributed by atoms with van der Waals surface area (Å²) in [6.45, 7) is 2.73. The number of carbonyl (C=O) groups excluding carboxylic acids is 1. The van der Waals surface area contributed by atoms with Gasteiger partial charge in [-0.05, 0) is 31.0 Å². The molecule has 0 radical (unpaired) electrons. The van der Waals surface area contributed by atoms with Crippen LogP contribution in [0.1, 0.15) is 24.9 Å². The molecular formula is C12H13BrFNO. The zero-order valence-corrected chi connectivity index (χ0v) is 10.6. The van der Waals surface area contributed by atoms with Crippen molar-refractivity contribution in [2.45, 2.75) is 24.2 Å². The second-order valence-electron chi connectivity index (χ2n) is 4.02. The van der Waals surface area contributed by atoms with E-state index in [1.54, 1.807) is 12.1 Å². The van der Waals surface area contributed by atoms with Crippen LogP contribution in [0.15, 0.2) is 24.3 Å². The van der Waals surface area contributed by atoms with Gasteiger partial charge in [0.05, 0.1) is 10.9 Å². The Labute approximate surface area is 103 Å². The van der Waals surface area contributed by atoms with E-state index in [9.17, 15) is 9.18 Å². The third-order valence-electron chi connectivity index (χ3n) is 2.99. The Bertz CT molecular complexity index is 393. The van der Waals surface area contributed by atoms with Gasteiger partial charge in [0.25, 0.3) is 0 Å². The van der Waals surface area contributed by atoms with E-state index in [4.69, 9.17) is 0 Å². The fraction of sp³-hybridized carbons (Fsp3) is 0.417. The van der Waals surface area contributed by atoms with E-state index in [-0.39, 0.29) is 22.6 Å². The summed E-state index contributed by atoms with van der Waals surface area (Å²) in [5.74, 6) is -0.126. The van der Waals surface area contributed by atoms with Crippen molar-refractivity contribution in [2.24, 2.45) is 0 Å². The van der Waals surface area contributed by atoms with E-state index < -0.39 is 0 Å². The first-order valence-corrected chi connectivity index (χ1v) is 6.21. The highest BCUT2D eigenvalue weighted by Crippen LogP contribution is 2.28. The molecule has 86 valence electrons. The zero-order valence-electron chi connectivity index (χ0n) is 8.99. The molecule has 4 heteroatoms. The van der Waals surface area contributed by atoms with Crippen molar-refractivity contribution in [1.29, 1.82) is 0 Å². The Hall–Kier alpha value is -0.900. The predicted molar refractivity (Wildman–Crippen MR) is 63.9 cm³/mol. The molecule has 2 rings (SSSR count). The van der Waals surface area contributed by atoms with Gasteiger partial charge < -0.3 is 4.90 Å². The number of amides is 1. The molecule has 1 heterocycles. The molecule has 0 spiro atoms. The largest absolute Gasteiger partial charge is 0.335 e. The number of rotatable bonds is 2. The summed E-state index contributed by atoms with van der Waals surface area (Å²) < 4.78 is 12.8. The lowest BCUT2D eigenvalue weighted by atomic mass is 10.1. The first-order chi connectivity index (χ1) is 7.59. The molecule has 2 nitrogen and oxygen atoms in total. The van der Waals surface area contributed by atoms with Crippen molar-refractivity contribution in [2.75, 3.05) is 6.54 Å². The van der Waals surface area contributed by atoms with Gasteiger partial charge in [0.1, 0.15) is 5.82 Å². The molecule has 16 heavy (non-hydrogen) atoms. The summed E-state index contributed by atoms with van der Waals surface area (Å²) in [5.41, 5.74) is 0.969. The first-order valence-electron chi connectivity index (χ1n) is 5.29. The van der Waals surface area contributed by atoms with Crippen LogP contribution in [0.25, 0.3) is 0 Å². The summed E-state index contributed by atoms with van der Waals surface area (Å²) in [4.78, 5) is 13.6. The Balaban J connectivity index is 2.16. The van der Waals surface area contributed by atoms with Crippen LogP contribution in [0.5, 0.6) is 0 Å². The van der Waals surface area contributed by atoms with Crippen LogP contribution in [0.4, 0.5) is 4.39 Å². The van der Waals surface area contributed by atoms with Crippen LogP contribution in [0, 0.1) is 5.82 Å². The lowest BCUT2D eigenvalue weighted by Gasteiger charge is -2.24. The fourth-order valence-electron chi connectivity index (χ4n) is 1.97. The Morgan fingerprint density at radius 3 is 2.56 bits per heavy atom. The van der Waals surface area contributed by atoms with E-state index in [1.165, 1.54) is 12.1 Å². The summed E-state index contributed by atoms with van der Waals surface area (Å²) in [6, 6.07) is 6.33. The van der Waals surface area contributed by atoms with E-state index in [1.807, 2.05) is 11.8 Å². The summed E-state index contributed by atoms with van der Waals surface area (Å²) in [5, 5.41) is 0. The number of alkyl halides is 1. The maximum atomic E-state index is 12.8. The fourth-order valence-corrected chi connectivity index (χ4v) is 2.44. The molecule has 1 saturated heterocycles. The molecule has 1 aromatic rings. The molecular weight excluding hydrogens is 273 g/mol. The van der Waals surface area contributed by atoms with Gasteiger partial charge >= 0.3 is 0 Å². The monoisotopic (exact) mass is 285 g/mol. The zero-order chi connectivity index (χ0) is 11.7. The topological polar surface area (TPSA) is 20.3 Å². The quantitative estimate of drug-likeness (QED) is 0.765. The van der Waals surface area contributed by atoms with Crippen LogP contribution >= 0.6 is 15.9 Å². The van der Waals surface area contributed by atoms with Crippen molar-refractivity contribution in [1.82, 2.24) is 4.90 Å². The molecule has 0 aromatic heterocycles. The number of hydrogen-bond acceptors (Lipinski definition) is 1. The minimum atomic E-state index is -0.248. The minimum Gasteiger partial charge on any atom is -0.335 e. The number of benzene rings is 1. The van der Waals surface area contributed by atoms with Gasteiger partial charge in [-0.15, -0.1) is 0 Å². The third kappa shape index (κ3) is 2.12. The van der Waals surface area contributed by atoms with E-state index >= 15 is 0 Å². The second-order valence-corrected chi connectivity index (χ2v) is 5.12. The van der Waals surface area contributed by atoms with Gasteiger partial charge in [-0.2, -0.15) is 0 Å². The van der Waals surface area contributed by atoms with Crippen LogP contribution in [-0.2, 0) is 4.79 Å². The number of carbonyl (C=O) groups is 1. The highest BCUT2D eigenvalue weighted by atomic mass is 79.9. The standard InChI is InChI=1S/C12H13BrFNO/c1-8(9-2-4-10(14)5-3-9)15-7-6-11(13)12(15)16/h2-5,8,11H,6-7H2,1H3/t8-,11+/m1/s1. The third-order valence-corrected chi connectivity index (χ3v) is 3.84. The van der Waals surface area contributed by atoms with Gasteiger partial charge in [-0.1, -0.05) is 28.1 Å². The van der Waals surface area contributed by atoms with Gasteiger partial charge in [-0.25, -0.2) is 4.39 Å². The van der Waals surface area contributed by atoms with Crippen molar-refractivity contribution >= 4 is 21.8 Å². The smallest absolute Gasteiger partial charge is 0.236 e. The second kappa shape index (κ2) is 4.53. The molecule has 1 aromatic carbocycles. The average Bonchev–Trinajstić information content (AvgIpc) is 2.60. The Morgan fingerprint density at radius 1 is 1.44 bits per heavy atom. The summed E-state index contributed by atoms with van der Waals surface area (Å²) in [6.07, 6.45) is 0.838. The van der Waals surface area contributed by atoms with E-state index in [0.29, 0.717) is 0 Å². The SMILES string of the molecule is C[C@H](c1ccc(F)cc1)N1CC[C@H](Br)C1=O. The van der Waals surface area contributed by atoms with Gasteiger partial charge in [0, 0.05) is 6.54 Å². The van der Waals surface area contributed by atoms with Crippen molar-refractivity contribution in [3.05, 3.63) is 35.6 Å². The number of halogens is 2. The molecule has 0 N–H and O–H groups in total. The molecule has 0 aliphatic carbocycles. The van der Waals surface area contributed by atoms with Crippen molar-refractivity contribution in [3.63, 3.8) is 0 Å². The molecule has 1 fully saturated rings. The molecule has 1 aliphatic rings. The Kier molecular flexibility index (Phi) is 3.28. The van der Waals surface area contributed by atoms with Crippen molar-refractivity contribution in [3.8, 4) is 0 Å². The molecule has 1 amide bonds. The van der Waals surface area contributed by atoms with Crippen LogP contribution in [-0.4, -0.2) is 22.2 Å². The average molecular weight is 286 g/mol. The maximum absolute atomic E-state index is 12.8. The normalized spacial score (nSPS) is 22.6. The van der Waals surface area contributed by atoms with Gasteiger partial charge in [0.15, 0.2) is 0 Å². The van der Waals surface area contributed by atoms with Crippen LogP contribution in [0.3, 0.4) is 0 Å². The molecule has 0 unspecified atom stereocenters. The first kappa shape index (κ1) is 11.6. The van der Waals surface area contributed by atoms with Crippen molar-refractivity contribution < 1.29 is 9.18 Å². The predicted octanol–water partition coefficient (Wildman–Crippen LogP) is 2.88. The highest BCUT2D eigenvalue weighted by Gasteiger charge is 2.32. The van der Waals surface area contributed by atoms with Gasteiger partial charge in [-0.3, -0.25) is 4.79 Å². The number of likely N-dealkylation sites (tertiary alicyclic amines) is 1. The minimum absolute atomic E-state index is 0.00986. The Morgan fingerprint density at radius 2 is 2.06 bits per heavy atom. The summed E-state index contributed by atoms with van der Waals surface area (Å²) in [7, 11) is 0. The number of nitrogens with zero attached hydrogens (tertiary/aromatic N) is 1. The van der Waals surface area contributed by atoms with E-state index in [2.05, 4.69) is 15.9 Å². The highest BCUT2D eigenvalue weighted by molar-refractivity contribution is 9.10. The lowest BCUT2D eigenvalue weighted by Crippen LogP contribution is -2.30. The van der Waals surface area contributed by atoms with Gasteiger partial charge in [0.2, 0.25) is 5.91 Å². The van der Waals surface area contributed by atoms with Crippen LogP contribution < -0.4 is 0 Å². The molecule has 0 saturated carbocycles. The van der Waals surface area contributed by atoms with E-state index in [0.717, 1.165) is 18.5 Å². The maximum Gasteiger partial charge on any atom is 0.236 e. The van der Waals surface area contributed by atoms with Crippen LogP contribution in [0.2, 0.25) is 0 Å². The molecule has 2 atom stereocenters. The number of hydrogen-bond donors (Lipinski definition) is 0.